The van der Waals surface area contributed by atoms with Gasteiger partial charge >= 0.3 is 0 Å². The quantitative estimate of drug-likeness (QED) is 0.245. The number of nitrogens with zero attached hydrogens (tertiary/aromatic N) is 3. The summed E-state index contributed by atoms with van der Waals surface area (Å²) >= 11 is 0. The van der Waals surface area contributed by atoms with Gasteiger partial charge in [-0.1, -0.05) is 17.0 Å². The predicted octanol–water partition coefficient (Wildman–Crippen LogP) is 2.86. The number of hydrogen-bond acceptors (Lipinski definition) is 2. The van der Waals surface area contributed by atoms with Gasteiger partial charge in [0.2, 0.25) is 0 Å². The van der Waals surface area contributed by atoms with Crippen molar-refractivity contribution in [1.82, 2.24) is 0 Å². The molecule has 0 aliphatic heterocycles. The first-order valence-electron chi connectivity index (χ1n) is 4.76. The Balaban J connectivity index is 2.92. The first-order valence-corrected chi connectivity index (χ1v) is 4.76. The molecule has 0 aromatic heterocycles. The van der Waals surface area contributed by atoms with Crippen LogP contribution in [-0.2, 0) is 0 Å². The third-order valence-electron chi connectivity index (χ3n) is 2.05. The van der Waals surface area contributed by atoms with Crippen LogP contribution in [-0.4, -0.2) is 12.3 Å². The molecule has 0 aliphatic rings. The highest BCUT2D eigenvalue weighted by molar-refractivity contribution is 5.95. The Morgan fingerprint density at radius 2 is 2.31 bits per heavy atom. The molecule has 0 spiro atoms. The molecule has 0 aliphatic carbocycles. The SMILES string of the molecule is CC(=O)c1ccc(C#CCN=[N+]=[N-])cc1C. The number of aryl methyl sites for hydroxylation is 1. The highest BCUT2D eigenvalue weighted by Crippen LogP contribution is 2.10. The number of benzene rings is 1. The Morgan fingerprint density at radius 3 is 2.88 bits per heavy atom. The van der Waals surface area contributed by atoms with E-state index < -0.39 is 0 Å². The maximum absolute atomic E-state index is 11.2. The van der Waals surface area contributed by atoms with E-state index in [1.54, 1.807) is 12.1 Å². The first-order chi connectivity index (χ1) is 7.65. The summed E-state index contributed by atoms with van der Waals surface area (Å²) in [5.41, 5.74) is 10.5. The monoisotopic (exact) mass is 213 g/mol. The maximum Gasteiger partial charge on any atom is 0.160 e. The summed E-state index contributed by atoms with van der Waals surface area (Å²) < 4.78 is 0. The van der Waals surface area contributed by atoms with Gasteiger partial charge in [0.15, 0.2) is 5.78 Å². The average Bonchev–Trinajstić information content (AvgIpc) is 2.24. The van der Waals surface area contributed by atoms with Gasteiger partial charge in [-0.15, -0.1) is 0 Å². The fourth-order valence-electron chi connectivity index (χ4n) is 1.35. The van der Waals surface area contributed by atoms with Gasteiger partial charge in [0.05, 0.1) is 6.54 Å². The molecular formula is C12H11N3O. The van der Waals surface area contributed by atoms with E-state index in [-0.39, 0.29) is 12.3 Å². The Morgan fingerprint density at radius 1 is 1.56 bits per heavy atom. The second kappa shape index (κ2) is 5.59. The van der Waals surface area contributed by atoms with Gasteiger partial charge in [-0.2, -0.15) is 0 Å². The summed E-state index contributed by atoms with van der Waals surface area (Å²) in [6, 6.07) is 5.39. The van der Waals surface area contributed by atoms with Crippen molar-refractivity contribution in [3.8, 4) is 11.8 Å². The fraction of sp³-hybridized carbons (Fsp3) is 0.250. The lowest BCUT2D eigenvalue weighted by molar-refractivity contribution is 0.101. The molecular weight excluding hydrogens is 202 g/mol. The minimum atomic E-state index is 0.0473. The number of azide groups is 1. The zero-order valence-electron chi connectivity index (χ0n) is 9.19. The normalized spacial score (nSPS) is 8.62. The van der Waals surface area contributed by atoms with Crippen molar-refractivity contribution >= 4 is 5.78 Å². The van der Waals surface area contributed by atoms with Crippen LogP contribution in [0.3, 0.4) is 0 Å². The molecule has 0 heterocycles. The Labute approximate surface area is 93.9 Å². The molecule has 0 unspecified atom stereocenters. The predicted molar refractivity (Wildman–Crippen MR) is 62.1 cm³/mol. The highest BCUT2D eigenvalue weighted by atomic mass is 16.1. The van der Waals surface area contributed by atoms with Crippen LogP contribution in [0, 0.1) is 18.8 Å². The molecule has 4 heteroatoms. The number of rotatable bonds is 2. The van der Waals surface area contributed by atoms with Crippen molar-refractivity contribution in [1.29, 1.82) is 0 Å². The Bertz CT molecular complexity index is 517. The molecule has 0 saturated heterocycles. The van der Waals surface area contributed by atoms with Gasteiger partial charge in [0, 0.05) is 16.0 Å². The summed E-state index contributed by atoms with van der Waals surface area (Å²) in [5.74, 6) is 5.63. The smallest absolute Gasteiger partial charge is 0.160 e. The topological polar surface area (TPSA) is 65.8 Å². The fourth-order valence-corrected chi connectivity index (χ4v) is 1.35. The summed E-state index contributed by atoms with van der Waals surface area (Å²) in [5, 5.41) is 3.31. The zero-order chi connectivity index (χ0) is 12.0. The van der Waals surface area contributed by atoms with Crippen LogP contribution < -0.4 is 0 Å². The molecule has 80 valence electrons. The number of carbonyl (C=O) groups is 1. The molecule has 0 amide bonds. The van der Waals surface area contributed by atoms with Crippen LogP contribution in [0.25, 0.3) is 10.4 Å². The van der Waals surface area contributed by atoms with Crippen LogP contribution in [0.2, 0.25) is 0 Å². The van der Waals surface area contributed by atoms with Crippen molar-refractivity contribution in [3.63, 3.8) is 0 Å². The average molecular weight is 213 g/mol. The summed E-state index contributed by atoms with van der Waals surface area (Å²) in [7, 11) is 0. The first kappa shape index (κ1) is 11.8. The Hall–Kier alpha value is -2.24. The molecule has 0 bridgehead atoms. The van der Waals surface area contributed by atoms with E-state index in [2.05, 4.69) is 21.9 Å². The van der Waals surface area contributed by atoms with Crippen molar-refractivity contribution in [2.45, 2.75) is 13.8 Å². The lowest BCUT2D eigenvalue weighted by Gasteiger charge is -2.01. The van der Waals surface area contributed by atoms with Crippen molar-refractivity contribution in [2.75, 3.05) is 6.54 Å². The molecule has 1 rings (SSSR count). The van der Waals surface area contributed by atoms with Crippen LogP contribution in [0.4, 0.5) is 0 Å². The summed E-state index contributed by atoms with van der Waals surface area (Å²) in [4.78, 5) is 13.8. The molecule has 16 heavy (non-hydrogen) atoms. The molecule has 1 aromatic carbocycles. The lowest BCUT2D eigenvalue weighted by Crippen LogP contribution is -1.95. The molecule has 0 N–H and O–H groups in total. The van der Waals surface area contributed by atoms with Gasteiger partial charge in [0.1, 0.15) is 0 Å². The van der Waals surface area contributed by atoms with Gasteiger partial charge < -0.3 is 0 Å². The molecule has 0 fully saturated rings. The third kappa shape index (κ3) is 3.16. The minimum Gasteiger partial charge on any atom is -0.295 e. The number of carbonyl (C=O) groups excluding carboxylic acids is 1. The van der Waals surface area contributed by atoms with Crippen LogP contribution >= 0.6 is 0 Å². The molecule has 0 saturated carbocycles. The summed E-state index contributed by atoms with van der Waals surface area (Å²) in [6.45, 7) is 3.56. The molecule has 0 radical (unpaired) electrons. The summed E-state index contributed by atoms with van der Waals surface area (Å²) in [6.07, 6.45) is 0. The van der Waals surface area contributed by atoms with Crippen molar-refractivity contribution in [3.05, 3.63) is 45.3 Å². The van der Waals surface area contributed by atoms with E-state index in [4.69, 9.17) is 5.53 Å². The van der Waals surface area contributed by atoms with E-state index in [1.165, 1.54) is 6.92 Å². The molecule has 1 aromatic rings. The standard InChI is InChI=1S/C12H11N3O/c1-9-8-11(4-3-7-14-15-13)5-6-12(9)10(2)16/h5-6,8H,7H2,1-2H3. The van der Waals surface area contributed by atoms with Gasteiger partial charge in [0.25, 0.3) is 0 Å². The number of hydrogen-bond donors (Lipinski definition) is 0. The zero-order valence-corrected chi connectivity index (χ0v) is 9.19. The van der Waals surface area contributed by atoms with Crippen molar-refractivity contribution < 1.29 is 4.79 Å². The minimum absolute atomic E-state index is 0.0473. The Kier molecular flexibility index (Phi) is 4.14. The maximum atomic E-state index is 11.2. The molecule has 0 atom stereocenters. The van der Waals surface area contributed by atoms with Crippen molar-refractivity contribution in [2.24, 2.45) is 5.11 Å². The van der Waals surface area contributed by atoms with Gasteiger partial charge in [-0.3, -0.25) is 4.79 Å². The van der Waals surface area contributed by atoms with Crippen LogP contribution in [0.15, 0.2) is 23.3 Å². The second-order valence-corrected chi connectivity index (χ2v) is 3.28. The molecule has 4 nitrogen and oxygen atoms in total. The van der Waals surface area contributed by atoms with Gasteiger partial charge in [-0.25, -0.2) is 0 Å². The van der Waals surface area contributed by atoms with E-state index in [9.17, 15) is 4.79 Å². The van der Waals surface area contributed by atoms with Crippen LogP contribution in [0.1, 0.15) is 28.4 Å². The highest BCUT2D eigenvalue weighted by Gasteiger charge is 2.02. The van der Waals surface area contributed by atoms with E-state index in [0.717, 1.165) is 11.1 Å². The van der Waals surface area contributed by atoms with E-state index in [1.807, 2.05) is 13.0 Å². The largest absolute Gasteiger partial charge is 0.295 e. The van der Waals surface area contributed by atoms with E-state index in [0.29, 0.717) is 5.56 Å². The van der Waals surface area contributed by atoms with Gasteiger partial charge in [-0.05, 0) is 43.1 Å². The number of ketones is 1. The number of Topliss-reactive ketones (excluding diaryl/α,β-unsaturated/α-hetero) is 1. The lowest BCUT2D eigenvalue weighted by atomic mass is 10.0. The van der Waals surface area contributed by atoms with E-state index >= 15 is 0 Å². The van der Waals surface area contributed by atoms with Crippen LogP contribution in [0.5, 0.6) is 0 Å². The third-order valence-corrected chi connectivity index (χ3v) is 2.05. The second-order valence-electron chi connectivity index (χ2n) is 3.28.